The van der Waals surface area contributed by atoms with E-state index in [1.807, 2.05) is 12.1 Å². The fourth-order valence-corrected chi connectivity index (χ4v) is 3.38. The number of hydrogen-bond donors (Lipinski definition) is 0. The van der Waals surface area contributed by atoms with Crippen LogP contribution in [0.4, 0.5) is 0 Å². The first-order chi connectivity index (χ1) is 11.4. The smallest absolute Gasteiger partial charge is 0.339 e. The lowest BCUT2D eigenvalue weighted by Crippen LogP contribution is -2.10. The fraction of sp³-hybridized carbons (Fsp3) is 0.300. The van der Waals surface area contributed by atoms with Gasteiger partial charge in [-0.1, -0.05) is 64.1 Å². The maximum Gasteiger partial charge on any atom is 0.339 e. The Kier molecular flexibility index (Phi) is 5.84. The Labute approximate surface area is 145 Å². The van der Waals surface area contributed by atoms with E-state index in [0.29, 0.717) is 17.6 Å². The molecular weight excluding hydrogens is 320 g/mol. The number of rotatable bonds is 7. The highest BCUT2D eigenvalue weighted by molar-refractivity contribution is 7.87. The molecule has 0 fully saturated rings. The molecule has 128 valence electrons. The Morgan fingerprint density at radius 3 is 2.12 bits per heavy atom. The maximum atomic E-state index is 12.3. The van der Waals surface area contributed by atoms with Crippen LogP contribution in [0.5, 0.6) is 5.75 Å². The summed E-state index contributed by atoms with van der Waals surface area (Å²) < 4.78 is 29.9. The lowest BCUT2D eigenvalue weighted by molar-refractivity contribution is 0.471. The first-order valence-electron chi connectivity index (χ1n) is 8.14. The van der Waals surface area contributed by atoms with Crippen molar-refractivity contribution >= 4 is 16.2 Å². The Bertz CT molecular complexity index is 775. The van der Waals surface area contributed by atoms with Gasteiger partial charge in [0, 0.05) is 0 Å². The van der Waals surface area contributed by atoms with E-state index in [1.54, 1.807) is 30.3 Å². The number of hydrogen-bond acceptors (Lipinski definition) is 3. The molecule has 0 amide bonds. The Balaban J connectivity index is 2.16. The van der Waals surface area contributed by atoms with Gasteiger partial charge in [-0.2, -0.15) is 8.42 Å². The first kappa shape index (κ1) is 18.3. The maximum absolute atomic E-state index is 12.3. The molecule has 0 spiro atoms. The Hall–Kier alpha value is -2.07. The van der Waals surface area contributed by atoms with Crippen LogP contribution in [0.3, 0.4) is 0 Å². The summed E-state index contributed by atoms with van der Waals surface area (Å²) in [7, 11) is -3.83. The minimum Gasteiger partial charge on any atom is -0.379 e. The molecule has 2 aromatic carbocycles. The third-order valence-corrected chi connectivity index (χ3v) is 5.78. The van der Waals surface area contributed by atoms with Crippen LogP contribution in [-0.2, 0) is 10.1 Å². The molecule has 0 saturated carbocycles. The van der Waals surface area contributed by atoms with Gasteiger partial charge in [0.15, 0.2) is 0 Å². The molecule has 0 aliphatic rings. The lowest BCUT2D eigenvalue weighted by Gasteiger charge is -2.19. The highest BCUT2D eigenvalue weighted by atomic mass is 32.2. The van der Waals surface area contributed by atoms with Crippen LogP contribution in [0.15, 0.2) is 60.0 Å². The van der Waals surface area contributed by atoms with Gasteiger partial charge >= 0.3 is 10.1 Å². The standard InChI is InChI=1S/C20H24O3S/c1-5-15(3)16(4)18-9-11-19(12-10-18)23-24(21,22)20-13-7-17(6-2)8-14-20/h6-16H,2,5H2,1,3-4H3. The first-order valence-corrected chi connectivity index (χ1v) is 9.55. The van der Waals surface area contributed by atoms with Crippen molar-refractivity contribution in [2.45, 2.75) is 38.0 Å². The lowest BCUT2D eigenvalue weighted by atomic mass is 9.87. The molecular formula is C20H24O3S. The second-order valence-electron chi connectivity index (χ2n) is 6.05. The molecule has 3 nitrogen and oxygen atoms in total. The van der Waals surface area contributed by atoms with E-state index in [4.69, 9.17) is 4.18 Å². The minimum atomic E-state index is -3.83. The quantitative estimate of drug-likeness (QED) is 0.645. The third-order valence-electron chi connectivity index (χ3n) is 4.51. The van der Waals surface area contributed by atoms with Crippen LogP contribution in [0.25, 0.3) is 6.08 Å². The molecule has 4 heteroatoms. The molecule has 2 unspecified atom stereocenters. The summed E-state index contributed by atoms with van der Waals surface area (Å²) in [6.45, 7) is 10.2. The predicted molar refractivity (Wildman–Crippen MR) is 98.7 cm³/mol. The van der Waals surface area contributed by atoms with Crippen molar-refractivity contribution in [2.24, 2.45) is 5.92 Å². The second kappa shape index (κ2) is 7.67. The SMILES string of the molecule is C=Cc1ccc(S(=O)(=O)Oc2ccc(C(C)C(C)CC)cc2)cc1. The fourth-order valence-electron chi connectivity index (χ4n) is 2.45. The van der Waals surface area contributed by atoms with Crippen LogP contribution in [-0.4, -0.2) is 8.42 Å². The molecule has 0 saturated heterocycles. The summed E-state index contributed by atoms with van der Waals surface area (Å²) in [6, 6.07) is 13.7. The van der Waals surface area contributed by atoms with Crippen molar-refractivity contribution < 1.29 is 12.6 Å². The largest absolute Gasteiger partial charge is 0.379 e. The van der Waals surface area contributed by atoms with Crippen molar-refractivity contribution in [3.63, 3.8) is 0 Å². The van der Waals surface area contributed by atoms with E-state index in [2.05, 4.69) is 27.4 Å². The minimum absolute atomic E-state index is 0.130. The van der Waals surface area contributed by atoms with Crippen LogP contribution in [0.2, 0.25) is 0 Å². The van der Waals surface area contributed by atoms with E-state index in [0.717, 1.165) is 12.0 Å². The molecule has 0 aromatic heterocycles. The van der Waals surface area contributed by atoms with Gasteiger partial charge in [0.25, 0.3) is 0 Å². The molecule has 0 aliphatic carbocycles. The number of benzene rings is 2. The van der Waals surface area contributed by atoms with Crippen LogP contribution >= 0.6 is 0 Å². The van der Waals surface area contributed by atoms with Gasteiger partial charge in [-0.05, 0) is 47.2 Å². The second-order valence-corrected chi connectivity index (χ2v) is 7.60. The predicted octanol–water partition coefficient (Wildman–Crippen LogP) is 5.25. The van der Waals surface area contributed by atoms with Gasteiger partial charge in [0.2, 0.25) is 0 Å². The monoisotopic (exact) mass is 344 g/mol. The van der Waals surface area contributed by atoms with Gasteiger partial charge in [-0.15, -0.1) is 0 Å². The molecule has 24 heavy (non-hydrogen) atoms. The van der Waals surface area contributed by atoms with Gasteiger partial charge < -0.3 is 4.18 Å². The van der Waals surface area contributed by atoms with Crippen LogP contribution in [0, 0.1) is 5.92 Å². The molecule has 0 aliphatic heterocycles. The molecule has 0 heterocycles. The van der Waals surface area contributed by atoms with E-state index in [9.17, 15) is 8.42 Å². The molecule has 0 bridgehead atoms. The average molecular weight is 344 g/mol. The third kappa shape index (κ3) is 4.26. The Morgan fingerprint density at radius 2 is 1.62 bits per heavy atom. The van der Waals surface area contributed by atoms with E-state index < -0.39 is 10.1 Å². The summed E-state index contributed by atoms with van der Waals surface area (Å²) in [4.78, 5) is 0.130. The van der Waals surface area contributed by atoms with Crippen molar-refractivity contribution in [1.82, 2.24) is 0 Å². The molecule has 2 atom stereocenters. The van der Waals surface area contributed by atoms with Gasteiger partial charge in [0.05, 0.1) is 0 Å². The van der Waals surface area contributed by atoms with Crippen LogP contribution in [0.1, 0.15) is 44.2 Å². The van der Waals surface area contributed by atoms with Gasteiger partial charge in [0.1, 0.15) is 10.6 Å². The average Bonchev–Trinajstić information content (AvgIpc) is 2.60. The summed E-state index contributed by atoms with van der Waals surface area (Å²) in [5.74, 6) is 1.32. The topological polar surface area (TPSA) is 43.4 Å². The molecule has 0 N–H and O–H groups in total. The van der Waals surface area contributed by atoms with E-state index >= 15 is 0 Å². The normalized spacial score (nSPS) is 14.0. The molecule has 2 aromatic rings. The van der Waals surface area contributed by atoms with E-state index in [1.165, 1.54) is 17.7 Å². The highest BCUT2D eigenvalue weighted by Gasteiger charge is 2.17. The molecule has 2 rings (SSSR count). The van der Waals surface area contributed by atoms with Crippen LogP contribution < -0.4 is 4.18 Å². The zero-order valence-electron chi connectivity index (χ0n) is 14.4. The summed E-state index contributed by atoms with van der Waals surface area (Å²) in [6.07, 6.45) is 2.77. The molecule has 0 radical (unpaired) electrons. The van der Waals surface area contributed by atoms with E-state index in [-0.39, 0.29) is 4.90 Å². The zero-order valence-corrected chi connectivity index (χ0v) is 15.2. The van der Waals surface area contributed by atoms with Gasteiger partial charge in [-0.25, -0.2) is 0 Å². The van der Waals surface area contributed by atoms with Crippen molar-refractivity contribution in [3.8, 4) is 5.75 Å². The van der Waals surface area contributed by atoms with Crippen molar-refractivity contribution in [1.29, 1.82) is 0 Å². The summed E-state index contributed by atoms with van der Waals surface area (Å²) in [5.41, 5.74) is 2.04. The summed E-state index contributed by atoms with van der Waals surface area (Å²) in [5, 5.41) is 0. The summed E-state index contributed by atoms with van der Waals surface area (Å²) >= 11 is 0. The van der Waals surface area contributed by atoms with Crippen molar-refractivity contribution in [2.75, 3.05) is 0 Å². The van der Waals surface area contributed by atoms with Gasteiger partial charge in [-0.3, -0.25) is 0 Å². The van der Waals surface area contributed by atoms with Crippen molar-refractivity contribution in [3.05, 3.63) is 66.2 Å². The zero-order chi connectivity index (χ0) is 17.7. The highest BCUT2D eigenvalue weighted by Crippen LogP contribution is 2.28. The Morgan fingerprint density at radius 1 is 1.04 bits per heavy atom.